The van der Waals surface area contributed by atoms with Crippen molar-refractivity contribution in [2.45, 2.75) is 315 Å². The second-order valence-electron chi connectivity index (χ2n) is 24.5. The molecule has 0 saturated heterocycles. The van der Waals surface area contributed by atoms with Gasteiger partial charge in [-0.25, -0.2) is 4.79 Å². The fourth-order valence-electron chi connectivity index (χ4n) is 9.80. The van der Waals surface area contributed by atoms with Gasteiger partial charge in [0.25, 0.3) is 6.29 Å². The number of unbranched alkanes of at least 4 members (excludes halogenated alkanes) is 33. The third kappa shape index (κ3) is 65.7. The second kappa shape index (κ2) is 65.2. The van der Waals surface area contributed by atoms with Crippen LogP contribution in [0, 0.1) is 0 Å². The average molecular weight is 1180 g/mol. The number of quaternary nitrogens is 1. The zero-order chi connectivity index (χ0) is 61.2. The lowest BCUT2D eigenvalue weighted by atomic mass is 10.0. The quantitative estimate of drug-likeness (QED) is 0.0211. The van der Waals surface area contributed by atoms with Gasteiger partial charge in [-0.1, -0.05) is 310 Å². The van der Waals surface area contributed by atoms with Gasteiger partial charge in [-0.05, 0) is 77.0 Å². The fourth-order valence-corrected chi connectivity index (χ4v) is 9.80. The number of nitrogens with zero attached hydrogens (tertiary/aromatic N) is 1. The number of carbonyl (C=O) groups is 3. The summed E-state index contributed by atoms with van der Waals surface area (Å²) >= 11 is 0. The van der Waals surface area contributed by atoms with E-state index >= 15 is 0 Å². The molecule has 2 atom stereocenters. The Labute approximate surface area is 518 Å². The predicted molar refractivity (Wildman–Crippen MR) is 359 cm³/mol. The van der Waals surface area contributed by atoms with Crippen LogP contribution in [0.1, 0.15) is 303 Å². The van der Waals surface area contributed by atoms with E-state index < -0.39 is 24.3 Å². The first-order valence-corrected chi connectivity index (χ1v) is 34.9. The molecule has 484 valence electrons. The third-order valence-electron chi connectivity index (χ3n) is 15.1. The van der Waals surface area contributed by atoms with Crippen LogP contribution < -0.4 is 0 Å². The Hall–Kier alpha value is -3.79. The molecule has 0 amide bonds. The van der Waals surface area contributed by atoms with Crippen LogP contribution >= 0.6 is 0 Å². The van der Waals surface area contributed by atoms with E-state index in [1.54, 1.807) is 0 Å². The van der Waals surface area contributed by atoms with E-state index in [9.17, 15) is 19.5 Å². The molecule has 0 radical (unpaired) electrons. The maximum Gasteiger partial charge on any atom is 0.361 e. The highest BCUT2D eigenvalue weighted by Crippen LogP contribution is 2.18. The summed E-state index contributed by atoms with van der Waals surface area (Å²) in [6, 6.07) is 0. The molecule has 0 fully saturated rings. The number of aliphatic carboxylic acids is 1. The van der Waals surface area contributed by atoms with Gasteiger partial charge in [-0.3, -0.25) is 9.59 Å². The number of hydrogen-bond donors (Lipinski definition) is 1. The number of carboxylic acids is 1. The van der Waals surface area contributed by atoms with E-state index in [0.29, 0.717) is 17.4 Å². The smallest absolute Gasteiger partial charge is 0.361 e. The summed E-state index contributed by atoms with van der Waals surface area (Å²) in [6.45, 7) is 4.80. The molecule has 0 aromatic rings. The summed E-state index contributed by atoms with van der Waals surface area (Å²) in [4.78, 5) is 37.6. The Morgan fingerprint density at radius 2 is 0.679 bits per heavy atom. The second-order valence-corrected chi connectivity index (χ2v) is 24.5. The molecule has 0 aliphatic carbocycles. The van der Waals surface area contributed by atoms with Crippen LogP contribution in [0.4, 0.5) is 0 Å². The van der Waals surface area contributed by atoms with Crippen molar-refractivity contribution in [2.24, 2.45) is 0 Å². The van der Waals surface area contributed by atoms with Crippen molar-refractivity contribution in [2.75, 3.05) is 47.5 Å². The van der Waals surface area contributed by atoms with Crippen molar-refractivity contribution in [3.8, 4) is 0 Å². The normalized spacial score (nSPS) is 13.3. The van der Waals surface area contributed by atoms with E-state index in [2.05, 4.69) is 111 Å². The van der Waals surface area contributed by atoms with E-state index in [-0.39, 0.29) is 32.2 Å². The zero-order valence-corrected chi connectivity index (χ0v) is 55.3. The molecule has 0 spiro atoms. The lowest BCUT2D eigenvalue weighted by Crippen LogP contribution is -2.40. The molecule has 0 rings (SSSR count). The van der Waals surface area contributed by atoms with Crippen LogP contribution in [0.2, 0.25) is 0 Å². The van der Waals surface area contributed by atoms with Gasteiger partial charge >= 0.3 is 17.9 Å². The third-order valence-corrected chi connectivity index (χ3v) is 15.1. The first-order chi connectivity index (χ1) is 41.1. The Morgan fingerprint density at radius 1 is 0.369 bits per heavy atom. The first kappa shape index (κ1) is 80.2. The van der Waals surface area contributed by atoms with Gasteiger partial charge in [0.2, 0.25) is 0 Å². The molecule has 1 N–H and O–H groups in total. The lowest BCUT2D eigenvalue weighted by molar-refractivity contribution is -0.870. The molecule has 9 nitrogen and oxygen atoms in total. The maximum absolute atomic E-state index is 12.9. The minimum absolute atomic E-state index is 0.180. The van der Waals surface area contributed by atoms with Crippen molar-refractivity contribution in [3.05, 3.63) is 97.2 Å². The van der Waals surface area contributed by atoms with Gasteiger partial charge in [-0.15, -0.1) is 0 Å². The van der Waals surface area contributed by atoms with Crippen LogP contribution in [0.15, 0.2) is 97.2 Å². The van der Waals surface area contributed by atoms with Crippen molar-refractivity contribution in [1.82, 2.24) is 0 Å². The average Bonchev–Trinajstić information content (AvgIpc) is 3.52. The highest BCUT2D eigenvalue weighted by atomic mass is 16.7. The van der Waals surface area contributed by atoms with Crippen LogP contribution in [0.3, 0.4) is 0 Å². The monoisotopic (exact) mass is 1170 g/mol. The number of likely N-dealkylation sites (N-methyl/N-ethyl adjacent to an activating group) is 1. The predicted octanol–water partition coefficient (Wildman–Crippen LogP) is 21.6. The topological polar surface area (TPSA) is 108 Å². The van der Waals surface area contributed by atoms with Crippen molar-refractivity contribution in [1.29, 1.82) is 0 Å². The summed E-state index contributed by atoms with van der Waals surface area (Å²) in [5, 5.41) is 9.73. The number of carboxylic acid groups (broad SMARTS) is 1. The molecular weight excluding hydrogens is 1040 g/mol. The highest BCUT2D eigenvalue weighted by Gasteiger charge is 2.25. The van der Waals surface area contributed by atoms with E-state index in [1.807, 2.05) is 21.1 Å². The van der Waals surface area contributed by atoms with Crippen LogP contribution in [-0.2, 0) is 33.3 Å². The summed E-state index contributed by atoms with van der Waals surface area (Å²) in [6.07, 6.45) is 86.6. The highest BCUT2D eigenvalue weighted by molar-refractivity contribution is 5.71. The molecule has 0 aromatic heterocycles. The maximum atomic E-state index is 12.9. The molecule has 0 aliphatic rings. The van der Waals surface area contributed by atoms with Gasteiger partial charge in [0.1, 0.15) is 13.2 Å². The first-order valence-electron chi connectivity index (χ1n) is 34.9. The number of carbonyl (C=O) groups excluding carboxylic acids is 2. The zero-order valence-electron chi connectivity index (χ0n) is 55.3. The van der Waals surface area contributed by atoms with Crippen molar-refractivity contribution in [3.63, 3.8) is 0 Å². The molecule has 0 saturated carbocycles. The molecule has 2 unspecified atom stereocenters. The summed E-state index contributed by atoms with van der Waals surface area (Å²) in [5.74, 6) is -1.99. The van der Waals surface area contributed by atoms with Crippen LogP contribution in [0.5, 0.6) is 0 Å². The molecular formula is C75H132NO8+. The lowest BCUT2D eigenvalue weighted by Gasteiger charge is -2.25. The Kier molecular flexibility index (Phi) is 62.2. The van der Waals surface area contributed by atoms with Gasteiger partial charge in [0.05, 0.1) is 34.4 Å². The Morgan fingerprint density at radius 3 is 1.01 bits per heavy atom. The van der Waals surface area contributed by atoms with Gasteiger partial charge in [0, 0.05) is 12.8 Å². The summed E-state index contributed by atoms with van der Waals surface area (Å²) < 4.78 is 23.0. The number of allylic oxidation sites excluding steroid dienone is 16. The largest absolute Gasteiger partial charge is 0.477 e. The Bertz CT molecular complexity index is 1700. The van der Waals surface area contributed by atoms with E-state index in [0.717, 1.165) is 89.9 Å². The van der Waals surface area contributed by atoms with Gasteiger partial charge in [-0.2, -0.15) is 0 Å². The number of ether oxygens (including phenoxy) is 4. The molecule has 0 aromatic carbocycles. The molecule has 0 bridgehead atoms. The van der Waals surface area contributed by atoms with Crippen LogP contribution in [0.25, 0.3) is 0 Å². The van der Waals surface area contributed by atoms with Crippen molar-refractivity contribution < 1.29 is 42.9 Å². The number of esters is 2. The molecule has 84 heavy (non-hydrogen) atoms. The summed E-state index contributed by atoms with van der Waals surface area (Å²) in [5.41, 5.74) is 0. The molecule has 0 heterocycles. The van der Waals surface area contributed by atoms with Crippen LogP contribution in [-0.4, -0.2) is 87.4 Å². The van der Waals surface area contributed by atoms with Gasteiger partial charge < -0.3 is 28.5 Å². The fraction of sp³-hybridized carbons (Fsp3) is 0.747. The number of rotatable bonds is 64. The molecule has 0 aliphatic heterocycles. The Balaban J connectivity index is 4.04. The minimum Gasteiger partial charge on any atom is -0.477 e. The number of hydrogen-bond acceptors (Lipinski definition) is 7. The van der Waals surface area contributed by atoms with Gasteiger partial charge in [0.15, 0.2) is 6.10 Å². The SMILES string of the molecule is CC/C=C\C/C=C\C/C=C\C/C=C\C/C=C\C/C=C\C/C=C\C/C=C\CCCCCCCCCCCCCCCCCCC(=O)OC(COC(=O)CCCCCCCCCCCCCCCCCCCC)COC(OCC[N+](C)(C)C)C(=O)O. The minimum atomic E-state index is -1.51. The van der Waals surface area contributed by atoms with E-state index in [1.165, 1.54) is 186 Å². The summed E-state index contributed by atoms with van der Waals surface area (Å²) in [7, 11) is 5.98. The molecule has 9 heteroatoms. The van der Waals surface area contributed by atoms with Crippen molar-refractivity contribution >= 4 is 17.9 Å². The standard InChI is InChI=1S/C75H131NO8/c1-6-8-10-12-14-16-18-20-22-24-26-27-28-29-30-31-32-33-34-35-36-37-38-39-40-41-42-43-44-45-46-47-48-50-52-54-56-58-60-62-64-66-73(78)84-71(70-83-75(74(79)80)81-68-67-76(3,4)5)69-82-72(77)65-63-61-59-57-55-53-51-49-25-23-21-19-17-15-13-11-9-7-2/h8,10,14,16,20,22,26-27,29-30,32-33,35-36,38-39,71,75H,6-7,9,11-13,15,17-19,21,23-25,28,31,34,37,40-70H2,1-5H3/p+1/b10-8-,16-14-,22-20-,27-26-,30-29-,33-32-,36-35-,39-38-. The van der Waals surface area contributed by atoms with E-state index in [4.69, 9.17) is 18.9 Å².